The second-order valence-corrected chi connectivity index (χ2v) is 6.28. The summed E-state index contributed by atoms with van der Waals surface area (Å²) in [6.45, 7) is 3.63. The molecule has 7 heteroatoms. The minimum Gasteiger partial charge on any atom is -0.480 e. The van der Waals surface area contributed by atoms with E-state index in [9.17, 15) is 9.59 Å². The molecule has 1 saturated carbocycles. The summed E-state index contributed by atoms with van der Waals surface area (Å²) in [5, 5.41) is 5.33. The van der Waals surface area contributed by atoms with Crippen molar-refractivity contribution in [3.8, 4) is 5.75 Å². The van der Waals surface area contributed by atoms with Gasteiger partial charge in [-0.3, -0.25) is 10.1 Å². The Bertz CT molecular complexity index is 559. The number of hydrogen-bond acceptors (Lipinski definition) is 4. The van der Waals surface area contributed by atoms with Crippen LogP contribution in [0.4, 0.5) is 4.79 Å². The van der Waals surface area contributed by atoms with Crippen LogP contribution in [0.3, 0.4) is 0 Å². The van der Waals surface area contributed by atoms with Crippen LogP contribution in [-0.2, 0) is 4.79 Å². The van der Waals surface area contributed by atoms with Crippen LogP contribution in [-0.4, -0.2) is 29.6 Å². The lowest BCUT2D eigenvalue weighted by molar-refractivity contribution is -0.122. The van der Waals surface area contributed by atoms with Crippen LogP contribution in [0.1, 0.15) is 38.2 Å². The molecule has 1 heterocycles. The summed E-state index contributed by atoms with van der Waals surface area (Å²) in [6, 6.07) is 1.37. The first-order chi connectivity index (χ1) is 11.0. The minimum atomic E-state index is -0.523. The van der Waals surface area contributed by atoms with Gasteiger partial charge in [0.25, 0.3) is 5.91 Å². The number of pyridine rings is 1. The van der Waals surface area contributed by atoms with Gasteiger partial charge in [0.1, 0.15) is 0 Å². The van der Waals surface area contributed by atoms with Crippen molar-refractivity contribution in [2.45, 2.75) is 45.6 Å². The van der Waals surface area contributed by atoms with Gasteiger partial charge >= 0.3 is 6.03 Å². The molecule has 126 valence electrons. The molecule has 2 N–H and O–H groups in total. The molecule has 1 aliphatic carbocycles. The van der Waals surface area contributed by atoms with E-state index in [0.29, 0.717) is 11.7 Å². The number of hydrogen-bond donors (Lipinski definition) is 2. The molecule has 0 bridgehead atoms. The van der Waals surface area contributed by atoms with Crippen LogP contribution in [0.2, 0.25) is 5.15 Å². The normalized spacial score (nSPS) is 20.7. The fourth-order valence-corrected chi connectivity index (χ4v) is 2.98. The Morgan fingerprint density at radius 3 is 2.83 bits per heavy atom. The molecular formula is C16H22ClN3O3. The Labute approximate surface area is 140 Å². The molecular weight excluding hydrogens is 318 g/mol. The number of imide groups is 1. The van der Waals surface area contributed by atoms with Crippen molar-refractivity contribution in [2.75, 3.05) is 6.61 Å². The molecule has 23 heavy (non-hydrogen) atoms. The highest BCUT2D eigenvalue weighted by Gasteiger charge is 2.23. The highest BCUT2D eigenvalue weighted by atomic mass is 35.5. The highest BCUT2D eigenvalue weighted by molar-refractivity contribution is 6.30. The van der Waals surface area contributed by atoms with Gasteiger partial charge < -0.3 is 10.1 Å². The number of ether oxygens (including phenoxy) is 1. The van der Waals surface area contributed by atoms with Crippen LogP contribution in [0.5, 0.6) is 5.75 Å². The van der Waals surface area contributed by atoms with Gasteiger partial charge in [0, 0.05) is 12.2 Å². The van der Waals surface area contributed by atoms with E-state index in [0.717, 1.165) is 24.8 Å². The average molecular weight is 340 g/mol. The van der Waals surface area contributed by atoms with Crippen molar-refractivity contribution in [3.05, 3.63) is 23.0 Å². The number of urea groups is 1. The molecule has 1 fully saturated rings. The molecule has 0 spiro atoms. The van der Waals surface area contributed by atoms with E-state index in [1.54, 1.807) is 19.2 Å². The zero-order valence-electron chi connectivity index (χ0n) is 13.4. The third kappa shape index (κ3) is 5.10. The number of carbonyl (C=O) groups excluding carboxylic acids is 2. The molecule has 2 rings (SSSR count). The lowest BCUT2D eigenvalue weighted by Gasteiger charge is -2.29. The summed E-state index contributed by atoms with van der Waals surface area (Å²) in [5.74, 6) is 0.258. The summed E-state index contributed by atoms with van der Waals surface area (Å²) in [5.41, 5.74) is 0.776. The summed E-state index contributed by atoms with van der Waals surface area (Å²) in [6.07, 6.45) is 5.90. The number of nitrogens with one attached hydrogen (secondary N) is 2. The van der Waals surface area contributed by atoms with Crippen molar-refractivity contribution < 1.29 is 14.3 Å². The molecule has 1 aliphatic rings. The summed E-state index contributed by atoms with van der Waals surface area (Å²) < 4.78 is 5.35. The first kappa shape index (κ1) is 17.5. The predicted molar refractivity (Wildman–Crippen MR) is 87.6 cm³/mol. The molecule has 2 atom stereocenters. The molecule has 0 saturated heterocycles. The number of aromatic nitrogens is 1. The van der Waals surface area contributed by atoms with E-state index < -0.39 is 11.9 Å². The van der Waals surface area contributed by atoms with E-state index in [1.807, 2.05) is 0 Å². The Morgan fingerprint density at radius 1 is 1.39 bits per heavy atom. The quantitative estimate of drug-likeness (QED) is 0.826. The lowest BCUT2D eigenvalue weighted by Crippen LogP contribution is -2.48. The predicted octanol–water partition coefficient (Wildman–Crippen LogP) is 2.83. The Kier molecular flexibility index (Phi) is 6.21. The van der Waals surface area contributed by atoms with Crippen LogP contribution in [0, 0.1) is 12.8 Å². The van der Waals surface area contributed by atoms with Crippen LogP contribution in [0.25, 0.3) is 0 Å². The van der Waals surface area contributed by atoms with E-state index in [2.05, 4.69) is 22.5 Å². The first-order valence-electron chi connectivity index (χ1n) is 7.81. The van der Waals surface area contributed by atoms with Crippen molar-refractivity contribution in [1.82, 2.24) is 15.6 Å². The molecule has 0 aliphatic heterocycles. The number of rotatable bonds is 4. The Hall–Kier alpha value is -1.82. The van der Waals surface area contributed by atoms with Crippen molar-refractivity contribution in [1.29, 1.82) is 0 Å². The minimum absolute atomic E-state index is 0.118. The molecule has 1 aromatic heterocycles. The number of carbonyl (C=O) groups is 2. The number of halogens is 1. The maximum atomic E-state index is 11.9. The van der Waals surface area contributed by atoms with E-state index in [-0.39, 0.29) is 17.8 Å². The standard InChI is InChI=1S/C16H22ClN3O3/c1-10-5-3-4-6-12(10)19-16(22)20-13(21)9-23-14-11(2)7-8-18-15(14)17/h7-8,10,12H,3-6,9H2,1-2H3,(H2,19,20,21,22)/t10-,12-/m1/s1. The van der Waals surface area contributed by atoms with E-state index in [1.165, 1.54) is 6.42 Å². The Morgan fingerprint density at radius 2 is 2.13 bits per heavy atom. The molecule has 0 aromatic carbocycles. The fraction of sp³-hybridized carbons (Fsp3) is 0.562. The van der Waals surface area contributed by atoms with E-state index in [4.69, 9.17) is 16.3 Å². The second-order valence-electron chi connectivity index (χ2n) is 5.93. The highest BCUT2D eigenvalue weighted by Crippen LogP contribution is 2.25. The van der Waals surface area contributed by atoms with Crippen molar-refractivity contribution in [3.63, 3.8) is 0 Å². The van der Waals surface area contributed by atoms with Crippen LogP contribution >= 0.6 is 11.6 Å². The molecule has 6 nitrogen and oxygen atoms in total. The number of nitrogens with zero attached hydrogens (tertiary/aromatic N) is 1. The maximum absolute atomic E-state index is 11.9. The number of amides is 3. The summed E-state index contributed by atoms with van der Waals surface area (Å²) in [7, 11) is 0. The van der Waals surface area contributed by atoms with Gasteiger partial charge in [0.15, 0.2) is 17.5 Å². The van der Waals surface area contributed by atoms with Crippen molar-refractivity contribution >= 4 is 23.5 Å². The summed E-state index contributed by atoms with van der Waals surface area (Å²) >= 11 is 5.92. The van der Waals surface area contributed by atoms with Gasteiger partial charge in [-0.05, 0) is 37.3 Å². The lowest BCUT2D eigenvalue weighted by atomic mass is 9.86. The SMILES string of the molecule is Cc1ccnc(Cl)c1OCC(=O)NC(=O)N[C@@H]1CCCC[C@H]1C. The molecule has 1 aromatic rings. The topological polar surface area (TPSA) is 80.3 Å². The van der Waals surface area contributed by atoms with Crippen LogP contribution < -0.4 is 15.4 Å². The number of aryl methyl sites for hydroxylation is 1. The third-order valence-electron chi connectivity index (χ3n) is 4.09. The van der Waals surface area contributed by atoms with Gasteiger partial charge in [0.2, 0.25) is 0 Å². The van der Waals surface area contributed by atoms with Gasteiger partial charge in [0.05, 0.1) is 0 Å². The monoisotopic (exact) mass is 339 g/mol. The van der Waals surface area contributed by atoms with Gasteiger partial charge in [-0.1, -0.05) is 31.4 Å². The largest absolute Gasteiger partial charge is 0.480 e. The Balaban J connectivity index is 1.79. The van der Waals surface area contributed by atoms with Gasteiger partial charge in [-0.25, -0.2) is 9.78 Å². The zero-order valence-corrected chi connectivity index (χ0v) is 14.2. The maximum Gasteiger partial charge on any atom is 0.321 e. The summed E-state index contributed by atoms with van der Waals surface area (Å²) in [4.78, 5) is 27.6. The average Bonchev–Trinajstić information content (AvgIpc) is 2.49. The smallest absolute Gasteiger partial charge is 0.321 e. The van der Waals surface area contributed by atoms with Crippen molar-refractivity contribution in [2.24, 2.45) is 5.92 Å². The first-order valence-corrected chi connectivity index (χ1v) is 8.19. The second kappa shape index (κ2) is 8.15. The third-order valence-corrected chi connectivity index (χ3v) is 4.36. The van der Waals surface area contributed by atoms with E-state index >= 15 is 0 Å². The molecule has 3 amide bonds. The van der Waals surface area contributed by atoms with Gasteiger partial charge in [-0.15, -0.1) is 0 Å². The van der Waals surface area contributed by atoms with Gasteiger partial charge in [-0.2, -0.15) is 0 Å². The molecule has 0 unspecified atom stereocenters. The fourth-order valence-electron chi connectivity index (χ4n) is 2.72. The molecule has 0 radical (unpaired) electrons. The van der Waals surface area contributed by atoms with Crippen LogP contribution in [0.15, 0.2) is 12.3 Å². The zero-order chi connectivity index (χ0) is 16.8.